The Balaban J connectivity index is 1.95. The Hall–Kier alpha value is -3.11. The first kappa shape index (κ1) is 23.2. The Kier molecular flexibility index (Phi) is 8.19. The fraction of sp³-hybridized carbons (Fsp3) is 0.474. The first-order chi connectivity index (χ1) is 14.2. The van der Waals surface area contributed by atoms with Gasteiger partial charge in [-0.3, -0.25) is 9.59 Å². The Morgan fingerprint density at radius 1 is 1.23 bits per heavy atom. The largest absolute Gasteiger partial charge is 0.445 e. The number of alkyl halides is 3. The molecule has 2 rings (SSSR count). The van der Waals surface area contributed by atoms with Gasteiger partial charge >= 0.3 is 12.3 Å². The summed E-state index contributed by atoms with van der Waals surface area (Å²) in [5, 5.41) is 6.62. The van der Waals surface area contributed by atoms with E-state index < -0.39 is 42.6 Å². The molecule has 0 aliphatic carbocycles. The van der Waals surface area contributed by atoms with Crippen molar-refractivity contribution < 1.29 is 37.1 Å². The van der Waals surface area contributed by atoms with E-state index in [1.165, 1.54) is 0 Å². The predicted octanol–water partition coefficient (Wildman–Crippen LogP) is 1.44. The molecule has 164 valence electrons. The highest BCUT2D eigenvalue weighted by atomic mass is 19.4. The van der Waals surface area contributed by atoms with Gasteiger partial charge in [-0.2, -0.15) is 13.2 Å². The first-order valence-electron chi connectivity index (χ1n) is 9.25. The molecular formula is C19H22F3N3O5. The van der Waals surface area contributed by atoms with E-state index in [0.717, 1.165) is 0 Å². The molecule has 1 aliphatic heterocycles. The number of alkyl carbamates (subject to hydrolysis) is 1. The second kappa shape index (κ2) is 10.6. The van der Waals surface area contributed by atoms with E-state index in [2.05, 4.69) is 10.6 Å². The first-order valence-corrected chi connectivity index (χ1v) is 9.25. The minimum absolute atomic E-state index is 0.0434. The third kappa shape index (κ3) is 7.72. The van der Waals surface area contributed by atoms with E-state index >= 15 is 0 Å². The lowest BCUT2D eigenvalue weighted by atomic mass is 9.99. The van der Waals surface area contributed by atoms with Crippen molar-refractivity contribution in [1.29, 1.82) is 0 Å². The number of carbonyl (C=O) groups is 4. The number of aldehydes is 1. The molecule has 11 heteroatoms. The maximum Gasteiger partial charge on any atom is 0.408 e. The molecule has 1 heterocycles. The molecule has 8 nitrogen and oxygen atoms in total. The zero-order valence-electron chi connectivity index (χ0n) is 15.9. The quantitative estimate of drug-likeness (QED) is 0.514. The summed E-state index contributed by atoms with van der Waals surface area (Å²) in [6, 6.07) is 5.28. The van der Waals surface area contributed by atoms with Crippen molar-refractivity contribution in [3.05, 3.63) is 35.9 Å². The standard InChI is InChI=1S/C19H22F3N3O5/c20-19(21,22)9-15(25-18(29)30-11-12-4-2-1-3-5-12)17(28)24-14(10-26)8-13-6-7-23-16(13)27/h1-5,10,13-15H,6-9,11H2,(H,23,27)(H,24,28)(H,25,29)/t13-,14-,15-/m0/s1. The molecule has 0 aromatic heterocycles. The van der Waals surface area contributed by atoms with Gasteiger partial charge in [-0.1, -0.05) is 30.3 Å². The minimum atomic E-state index is -4.75. The maximum atomic E-state index is 12.9. The van der Waals surface area contributed by atoms with Gasteiger partial charge in [0.25, 0.3) is 0 Å². The summed E-state index contributed by atoms with van der Waals surface area (Å²) in [6.45, 7) is 0.231. The van der Waals surface area contributed by atoms with Crippen LogP contribution in [0.5, 0.6) is 0 Å². The fourth-order valence-corrected chi connectivity index (χ4v) is 2.96. The van der Waals surface area contributed by atoms with Crippen molar-refractivity contribution in [2.75, 3.05) is 6.54 Å². The van der Waals surface area contributed by atoms with Crippen LogP contribution in [0.25, 0.3) is 0 Å². The van der Waals surface area contributed by atoms with Crippen LogP contribution in [0, 0.1) is 5.92 Å². The van der Waals surface area contributed by atoms with Gasteiger partial charge in [-0.25, -0.2) is 4.79 Å². The van der Waals surface area contributed by atoms with Crippen molar-refractivity contribution in [3.8, 4) is 0 Å². The van der Waals surface area contributed by atoms with Crippen LogP contribution in [0.3, 0.4) is 0 Å². The van der Waals surface area contributed by atoms with Crippen molar-refractivity contribution in [3.63, 3.8) is 0 Å². The molecule has 3 N–H and O–H groups in total. The minimum Gasteiger partial charge on any atom is -0.445 e. The normalized spacial score (nSPS) is 18.1. The van der Waals surface area contributed by atoms with E-state index in [1.54, 1.807) is 30.3 Å². The lowest BCUT2D eigenvalue weighted by Crippen LogP contribution is -2.52. The van der Waals surface area contributed by atoms with Gasteiger partial charge in [0.05, 0.1) is 12.5 Å². The molecule has 0 radical (unpaired) electrons. The predicted molar refractivity (Wildman–Crippen MR) is 98.0 cm³/mol. The van der Waals surface area contributed by atoms with Gasteiger partial charge in [0.1, 0.15) is 18.9 Å². The number of hydrogen-bond acceptors (Lipinski definition) is 5. The van der Waals surface area contributed by atoms with Gasteiger partial charge in [-0.05, 0) is 18.4 Å². The zero-order chi connectivity index (χ0) is 22.1. The summed E-state index contributed by atoms with van der Waals surface area (Å²) in [6.07, 6.45) is -6.85. The molecule has 1 aromatic rings. The number of amides is 3. The number of nitrogens with one attached hydrogen (secondary N) is 3. The van der Waals surface area contributed by atoms with E-state index in [1.807, 2.05) is 5.32 Å². The lowest BCUT2D eigenvalue weighted by molar-refractivity contribution is -0.149. The zero-order valence-corrected chi connectivity index (χ0v) is 15.9. The smallest absolute Gasteiger partial charge is 0.408 e. The maximum absolute atomic E-state index is 12.9. The number of benzene rings is 1. The van der Waals surface area contributed by atoms with Crippen LogP contribution in [0.2, 0.25) is 0 Å². The monoisotopic (exact) mass is 429 g/mol. The van der Waals surface area contributed by atoms with Crippen LogP contribution in [0.4, 0.5) is 18.0 Å². The molecule has 1 aromatic carbocycles. The summed E-state index contributed by atoms with van der Waals surface area (Å²) in [5.41, 5.74) is 0.611. The Bertz CT molecular complexity index is 758. The summed E-state index contributed by atoms with van der Waals surface area (Å²) in [4.78, 5) is 47.1. The van der Waals surface area contributed by atoms with Crippen LogP contribution >= 0.6 is 0 Å². The highest BCUT2D eigenvalue weighted by Crippen LogP contribution is 2.22. The SMILES string of the molecule is O=C[C@H](C[C@@H]1CCNC1=O)NC(=O)[C@H](CC(F)(F)F)NC(=O)OCc1ccccc1. The third-order valence-corrected chi connectivity index (χ3v) is 4.45. The molecule has 1 aliphatic rings. The molecule has 0 unspecified atom stereocenters. The van der Waals surface area contributed by atoms with Gasteiger partial charge < -0.3 is 25.5 Å². The van der Waals surface area contributed by atoms with Crippen LogP contribution in [0.15, 0.2) is 30.3 Å². The number of hydrogen-bond donors (Lipinski definition) is 3. The molecule has 0 spiro atoms. The molecular weight excluding hydrogens is 407 g/mol. The second-order valence-electron chi connectivity index (χ2n) is 6.84. The second-order valence-corrected chi connectivity index (χ2v) is 6.84. The lowest BCUT2D eigenvalue weighted by Gasteiger charge is -2.22. The van der Waals surface area contributed by atoms with E-state index in [-0.39, 0.29) is 18.9 Å². The molecule has 30 heavy (non-hydrogen) atoms. The molecule has 1 fully saturated rings. The fourth-order valence-electron chi connectivity index (χ4n) is 2.96. The molecule has 3 amide bonds. The van der Waals surface area contributed by atoms with Gasteiger partial charge in [0, 0.05) is 12.5 Å². The van der Waals surface area contributed by atoms with Crippen molar-refractivity contribution in [2.24, 2.45) is 5.92 Å². The number of ether oxygens (including phenoxy) is 1. The van der Waals surface area contributed by atoms with Crippen LogP contribution < -0.4 is 16.0 Å². The summed E-state index contributed by atoms with van der Waals surface area (Å²) >= 11 is 0. The van der Waals surface area contributed by atoms with Crippen molar-refractivity contribution >= 4 is 24.2 Å². The average molecular weight is 429 g/mol. The van der Waals surface area contributed by atoms with Gasteiger partial charge in [0.15, 0.2) is 0 Å². The molecule has 0 saturated carbocycles. The van der Waals surface area contributed by atoms with Crippen LogP contribution in [-0.4, -0.2) is 49.0 Å². The number of halogens is 3. The summed E-state index contributed by atoms with van der Waals surface area (Å²) in [5.74, 6) is -2.00. The Morgan fingerprint density at radius 3 is 2.50 bits per heavy atom. The van der Waals surface area contributed by atoms with Crippen LogP contribution in [0.1, 0.15) is 24.8 Å². The molecule has 1 saturated heterocycles. The average Bonchev–Trinajstić information content (AvgIpc) is 3.09. The summed E-state index contributed by atoms with van der Waals surface area (Å²) < 4.78 is 43.5. The highest BCUT2D eigenvalue weighted by Gasteiger charge is 2.37. The number of rotatable bonds is 9. The van der Waals surface area contributed by atoms with E-state index in [4.69, 9.17) is 4.74 Å². The topological polar surface area (TPSA) is 114 Å². The molecule has 0 bridgehead atoms. The third-order valence-electron chi connectivity index (χ3n) is 4.45. The van der Waals surface area contributed by atoms with Gasteiger partial charge in [0.2, 0.25) is 11.8 Å². The number of carbonyl (C=O) groups excluding carboxylic acids is 4. The van der Waals surface area contributed by atoms with Crippen molar-refractivity contribution in [1.82, 2.24) is 16.0 Å². The van der Waals surface area contributed by atoms with E-state index in [0.29, 0.717) is 24.8 Å². The van der Waals surface area contributed by atoms with Crippen LogP contribution in [-0.2, 0) is 25.7 Å². The highest BCUT2D eigenvalue weighted by molar-refractivity contribution is 5.88. The van der Waals surface area contributed by atoms with E-state index in [9.17, 15) is 32.3 Å². The summed E-state index contributed by atoms with van der Waals surface area (Å²) in [7, 11) is 0. The Labute approximate surface area is 170 Å². The van der Waals surface area contributed by atoms with Crippen molar-refractivity contribution in [2.45, 2.75) is 44.1 Å². The molecule has 3 atom stereocenters. The Morgan fingerprint density at radius 2 is 1.93 bits per heavy atom. The van der Waals surface area contributed by atoms with Gasteiger partial charge in [-0.15, -0.1) is 0 Å².